The van der Waals surface area contributed by atoms with Gasteiger partial charge < -0.3 is 19.3 Å². The molecule has 324 valence electrons. The van der Waals surface area contributed by atoms with E-state index in [9.17, 15) is 9.59 Å². The van der Waals surface area contributed by atoms with E-state index in [4.69, 9.17) is 55.9 Å². The molecule has 63 heavy (non-hydrogen) atoms. The minimum Gasteiger partial charge on any atom is -0.497 e. The summed E-state index contributed by atoms with van der Waals surface area (Å²) < 4.78 is 12.5. The predicted molar refractivity (Wildman–Crippen MR) is 270 cm³/mol. The van der Waals surface area contributed by atoms with Crippen LogP contribution in [-0.4, -0.2) is 37.7 Å². The lowest BCUT2D eigenvalue weighted by Crippen LogP contribution is -2.35. The van der Waals surface area contributed by atoms with E-state index in [1.165, 1.54) is 10.0 Å². The Hall–Kier alpha value is -4.13. The number of hydrogen-bond donors (Lipinski definition) is 0. The van der Waals surface area contributed by atoms with E-state index >= 15 is 0 Å². The van der Waals surface area contributed by atoms with Crippen LogP contribution in [0, 0.1) is 5.92 Å². The van der Waals surface area contributed by atoms with Crippen molar-refractivity contribution in [2.45, 2.75) is 24.8 Å². The van der Waals surface area contributed by atoms with Gasteiger partial charge in [0.2, 0.25) is 11.8 Å². The quantitative estimate of drug-likeness (QED) is 0.135. The van der Waals surface area contributed by atoms with Crippen molar-refractivity contribution >= 4 is 128 Å². The highest BCUT2D eigenvalue weighted by Gasteiger charge is 2.31. The fraction of sp³-hybridized carbons (Fsp3) is 0.163. The first kappa shape index (κ1) is 48.3. The van der Waals surface area contributed by atoms with Gasteiger partial charge in [0, 0.05) is 40.5 Å². The Morgan fingerprint density at radius 1 is 0.635 bits per heavy atom. The maximum absolute atomic E-state index is 13.7. The van der Waals surface area contributed by atoms with Crippen molar-refractivity contribution in [2.75, 3.05) is 30.6 Å². The first-order valence-electron chi connectivity index (χ1n) is 19.5. The molecule has 0 bridgehead atoms. The highest BCUT2D eigenvalue weighted by atomic mass is 79.9. The molecule has 0 spiro atoms. The zero-order valence-corrected chi connectivity index (χ0v) is 41.8. The normalized spacial score (nSPS) is 14.3. The zero-order chi connectivity index (χ0) is 45.0. The summed E-state index contributed by atoms with van der Waals surface area (Å²) in [6.45, 7) is 0.861. The minimum atomic E-state index is -0.407. The molecule has 0 fully saturated rings. The number of carbonyl (C=O) groups is 2. The van der Waals surface area contributed by atoms with Gasteiger partial charge >= 0.3 is 0 Å². The van der Waals surface area contributed by atoms with Gasteiger partial charge in [0.05, 0.1) is 44.6 Å². The van der Waals surface area contributed by atoms with Gasteiger partial charge in [-0.15, -0.1) is 0 Å². The molecule has 0 saturated carbocycles. The Balaban J connectivity index is 0.000000180. The third kappa shape index (κ3) is 12.8. The van der Waals surface area contributed by atoms with Crippen LogP contribution in [0.5, 0.6) is 11.5 Å². The van der Waals surface area contributed by atoms with Gasteiger partial charge in [-0.05, 0) is 101 Å². The van der Waals surface area contributed by atoms with Crippen LogP contribution < -0.4 is 19.3 Å². The number of hydrogen-bond acceptors (Lipinski definition) is 5. The topological polar surface area (TPSA) is 71.4 Å². The molecule has 0 aliphatic carbocycles. The summed E-state index contributed by atoms with van der Waals surface area (Å²) in [6, 6.07) is 42.1. The van der Waals surface area contributed by atoms with E-state index in [0.717, 1.165) is 49.2 Å². The van der Waals surface area contributed by atoms with E-state index < -0.39 is 5.92 Å². The second-order valence-electron chi connectivity index (χ2n) is 14.2. The van der Waals surface area contributed by atoms with Crippen LogP contribution in [0.15, 0.2) is 153 Å². The van der Waals surface area contributed by atoms with Gasteiger partial charge in [-0.3, -0.25) is 14.6 Å². The van der Waals surface area contributed by atoms with Crippen LogP contribution in [0.3, 0.4) is 0 Å². The molecule has 2 aliphatic rings. The largest absolute Gasteiger partial charge is 0.497 e. The SMILES string of the molecule is BrCc1ccccc1Br.COc1ccc(CN2C(=O)C(Cc3ccccc3Br)C=C(Cl)c3cc(Cl)ccc32)cc1.COc1ccc(CN2C(=O)CN=C(Cl)c3cc(Cl)ccc32)cc1. The Kier molecular flexibility index (Phi) is 17.8. The summed E-state index contributed by atoms with van der Waals surface area (Å²) in [7, 11) is 3.25. The smallest absolute Gasteiger partial charge is 0.249 e. The Morgan fingerprint density at radius 3 is 1.63 bits per heavy atom. The lowest BCUT2D eigenvalue weighted by molar-refractivity contribution is -0.121. The number of rotatable bonds is 9. The number of benzene rings is 6. The predicted octanol–water partition coefficient (Wildman–Crippen LogP) is 14.3. The number of alkyl halides is 1. The van der Waals surface area contributed by atoms with Crippen LogP contribution in [0.2, 0.25) is 10.0 Å². The van der Waals surface area contributed by atoms with E-state index in [2.05, 4.69) is 58.8 Å². The number of benzodiazepines with no additional fused rings is 1. The average molecular weight is 1120 g/mol. The number of methoxy groups -OCH3 is 2. The summed E-state index contributed by atoms with van der Waals surface area (Å²) in [5, 5.41) is 2.87. The summed E-state index contributed by atoms with van der Waals surface area (Å²) >= 11 is 35.6. The molecule has 1 unspecified atom stereocenters. The molecule has 0 aromatic heterocycles. The average Bonchev–Trinajstić information content (AvgIpc) is 3.47. The molecule has 14 heteroatoms. The lowest BCUT2D eigenvalue weighted by atomic mass is 9.97. The van der Waals surface area contributed by atoms with E-state index in [1.54, 1.807) is 48.3 Å². The molecule has 7 nitrogen and oxygen atoms in total. The van der Waals surface area contributed by atoms with Gasteiger partial charge in [-0.2, -0.15) is 0 Å². The number of aliphatic imine (C=N–C) groups is 1. The highest BCUT2D eigenvalue weighted by Crippen LogP contribution is 2.39. The number of ether oxygens (including phenoxy) is 2. The molecule has 6 aromatic carbocycles. The molecule has 2 amide bonds. The molecule has 0 N–H and O–H groups in total. The molecule has 8 rings (SSSR count). The first-order chi connectivity index (χ1) is 30.4. The van der Waals surface area contributed by atoms with Crippen molar-refractivity contribution in [1.29, 1.82) is 0 Å². The second-order valence-corrected chi connectivity index (χ2v) is 18.1. The molecular formula is C49H40Br3Cl4N3O4. The van der Waals surface area contributed by atoms with E-state index in [1.807, 2.05) is 109 Å². The Labute approximate surface area is 413 Å². The Bertz CT molecular complexity index is 2630. The van der Waals surface area contributed by atoms with Gasteiger partial charge in [0.1, 0.15) is 23.2 Å². The number of anilines is 2. The van der Waals surface area contributed by atoms with Crippen LogP contribution in [0.1, 0.15) is 33.4 Å². The second kappa shape index (κ2) is 23.2. The number of halogens is 7. The van der Waals surface area contributed by atoms with Crippen molar-refractivity contribution in [3.05, 3.63) is 192 Å². The standard InChI is InChI=1S/C25H20BrCl2NO2.C17H14Cl2N2O2.C7H6Br2/c1-31-20-9-6-16(7-10-20)15-29-24-11-8-19(27)14-21(24)23(28)13-18(25(29)30)12-17-4-2-3-5-22(17)26;1-23-13-5-2-11(3-6-13)10-21-15-7-4-12(18)8-14(15)17(19)20-9-16(21)22;8-5-6-3-1-2-4-7(6)9/h2-11,13-14,18H,12,15H2,1H3;2-8H,9-10H2,1H3;1-4H,5H2. The maximum Gasteiger partial charge on any atom is 0.249 e. The van der Waals surface area contributed by atoms with E-state index in [0.29, 0.717) is 51.0 Å². The van der Waals surface area contributed by atoms with Crippen molar-refractivity contribution in [3.63, 3.8) is 0 Å². The van der Waals surface area contributed by atoms with Crippen LogP contribution >= 0.6 is 94.2 Å². The summed E-state index contributed by atoms with van der Waals surface area (Å²) in [6.07, 6.45) is 2.38. The lowest BCUT2D eigenvalue weighted by Gasteiger charge is -2.26. The monoisotopic (exact) mass is 1110 g/mol. The van der Waals surface area contributed by atoms with Crippen LogP contribution in [-0.2, 0) is 34.4 Å². The van der Waals surface area contributed by atoms with Gasteiger partial charge in [-0.1, -0.05) is 161 Å². The Morgan fingerprint density at radius 2 is 1.13 bits per heavy atom. The fourth-order valence-corrected chi connectivity index (χ4v) is 9.36. The molecule has 2 aliphatic heterocycles. The first-order valence-corrected chi connectivity index (χ1v) is 23.7. The molecule has 6 aromatic rings. The van der Waals surface area contributed by atoms with Crippen LogP contribution in [0.25, 0.3) is 5.03 Å². The molecule has 2 heterocycles. The van der Waals surface area contributed by atoms with Crippen LogP contribution in [0.4, 0.5) is 11.4 Å². The zero-order valence-electron chi connectivity index (χ0n) is 34.0. The van der Waals surface area contributed by atoms with Crippen molar-refractivity contribution in [1.82, 2.24) is 0 Å². The third-order valence-electron chi connectivity index (χ3n) is 10.1. The van der Waals surface area contributed by atoms with Gasteiger partial charge in [0.25, 0.3) is 0 Å². The number of carbonyl (C=O) groups excluding carboxylic acids is 2. The number of nitrogens with zero attached hydrogens (tertiary/aromatic N) is 3. The van der Waals surface area contributed by atoms with Gasteiger partial charge in [-0.25, -0.2) is 0 Å². The summed E-state index contributed by atoms with van der Waals surface area (Å²) in [5.74, 6) is 1.02. The molecular weight excluding hydrogens is 1080 g/mol. The van der Waals surface area contributed by atoms with E-state index in [-0.39, 0.29) is 18.4 Å². The number of amides is 2. The van der Waals surface area contributed by atoms with Crippen molar-refractivity contribution in [2.24, 2.45) is 10.9 Å². The van der Waals surface area contributed by atoms with Gasteiger partial charge in [0.15, 0.2) is 0 Å². The van der Waals surface area contributed by atoms with Crippen molar-refractivity contribution in [3.8, 4) is 11.5 Å². The maximum atomic E-state index is 13.7. The summed E-state index contributed by atoms with van der Waals surface area (Å²) in [5.41, 5.74) is 7.20. The number of fused-ring (bicyclic) bond motifs is 2. The highest BCUT2D eigenvalue weighted by molar-refractivity contribution is 9.11. The summed E-state index contributed by atoms with van der Waals surface area (Å²) in [4.78, 5) is 33.8. The third-order valence-corrected chi connectivity index (χ3v) is 13.3. The molecule has 0 saturated heterocycles. The fourth-order valence-electron chi connectivity index (χ4n) is 6.76. The molecule has 0 radical (unpaired) electrons. The molecule has 1 atom stereocenters. The van der Waals surface area contributed by atoms with Crippen molar-refractivity contribution < 1.29 is 19.1 Å². The minimum absolute atomic E-state index is 0.00852.